The van der Waals surface area contributed by atoms with Crippen molar-refractivity contribution in [2.75, 3.05) is 12.4 Å². The number of aromatic nitrogens is 2. The summed E-state index contributed by atoms with van der Waals surface area (Å²) in [6.45, 7) is 0.461. The summed E-state index contributed by atoms with van der Waals surface area (Å²) in [5.74, 6) is 0.795. The molecule has 88 valence electrons. The van der Waals surface area contributed by atoms with Crippen molar-refractivity contribution >= 4 is 5.69 Å². The Balaban J connectivity index is 2.09. The predicted octanol–water partition coefficient (Wildman–Crippen LogP) is 2.24. The van der Waals surface area contributed by atoms with Crippen molar-refractivity contribution in [3.8, 4) is 5.75 Å². The van der Waals surface area contributed by atoms with Gasteiger partial charge in [0.25, 0.3) is 0 Å². The highest BCUT2D eigenvalue weighted by Gasteiger charge is 2.04. The molecule has 0 saturated carbocycles. The lowest BCUT2D eigenvalue weighted by Crippen LogP contribution is -2.04. The number of hydrogen-bond donors (Lipinski definition) is 1. The average Bonchev–Trinajstić information content (AvgIpc) is 2.38. The second kappa shape index (κ2) is 5.25. The van der Waals surface area contributed by atoms with Gasteiger partial charge in [0, 0.05) is 18.5 Å². The Morgan fingerprint density at radius 2 is 2.06 bits per heavy atom. The van der Waals surface area contributed by atoms with Crippen LogP contribution in [0.3, 0.4) is 0 Å². The summed E-state index contributed by atoms with van der Waals surface area (Å²) in [5.41, 5.74) is 0.710. The average molecular weight is 233 g/mol. The molecule has 0 unspecified atom stereocenters. The molecule has 5 heteroatoms. The lowest BCUT2D eigenvalue weighted by atomic mass is 10.3. The normalized spacial score (nSPS) is 10.0. The van der Waals surface area contributed by atoms with Gasteiger partial charge in [0.2, 0.25) is 0 Å². The lowest BCUT2D eigenvalue weighted by Gasteiger charge is -2.10. The van der Waals surface area contributed by atoms with Gasteiger partial charge in [0.05, 0.1) is 19.3 Å². The van der Waals surface area contributed by atoms with Crippen LogP contribution in [0.4, 0.5) is 10.1 Å². The molecule has 0 aliphatic carbocycles. The number of nitrogens with zero attached hydrogens (tertiary/aromatic N) is 2. The summed E-state index contributed by atoms with van der Waals surface area (Å²) in [7, 11) is 1.50. The minimum Gasteiger partial charge on any atom is -0.494 e. The topological polar surface area (TPSA) is 47.0 Å². The number of hydrogen-bond acceptors (Lipinski definition) is 4. The van der Waals surface area contributed by atoms with Crippen LogP contribution in [-0.2, 0) is 6.54 Å². The summed E-state index contributed by atoms with van der Waals surface area (Å²) in [6.07, 6.45) is 3.35. The van der Waals surface area contributed by atoms with Gasteiger partial charge >= 0.3 is 0 Å². The molecular weight excluding hydrogens is 221 g/mol. The molecule has 0 amide bonds. The molecule has 2 rings (SSSR count). The molecule has 1 heterocycles. The second-order valence-electron chi connectivity index (χ2n) is 3.36. The van der Waals surface area contributed by atoms with E-state index in [1.54, 1.807) is 24.5 Å². The molecule has 1 aromatic carbocycles. The maximum Gasteiger partial charge on any atom is 0.147 e. The van der Waals surface area contributed by atoms with Crippen molar-refractivity contribution in [2.45, 2.75) is 6.54 Å². The van der Waals surface area contributed by atoms with Gasteiger partial charge < -0.3 is 10.1 Å². The fraction of sp³-hybridized carbons (Fsp3) is 0.167. The molecule has 4 nitrogen and oxygen atoms in total. The highest BCUT2D eigenvalue weighted by Crippen LogP contribution is 2.25. The molecule has 0 saturated heterocycles. The second-order valence-corrected chi connectivity index (χ2v) is 3.36. The van der Waals surface area contributed by atoms with E-state index < -0.39 is 0 Å². The van der Waals surface area contributed by atoms with Crippen molar-refractivity contribution in [3.05, 3.63) is 48.3 Å². The van der Waals surface area contributed by atoms with Crippen molar-refractivity contribution < 1.29 is 9.13 Å². The van der Waals surface area contributed by atoms with Crippen LogP contribution in [-0.4, -0.2) is 17.1 Å². The zero-order chi connectivity index (χ0) is 12.1. The lowest BCUT2D eigenvalue weighted by molar-refractivity contribution is 0.413. The van der Waals surface area contributed by atoms with Crippen LogP contribution in [0.1, 0.15) is 5.82 Å². The van der Waals surface area contributed by atoms with E-state index in [2.05, 4.69) is 15.3 Å². The Morgan fingerprint density at radius 1 is 1.29 bits per heavy atom. The first-order chi connectivity index (χ1) is 8.29. The first-order valence-corrected chi connectivity index (χ1v) is 5.13. The highest BCUT2D eigenvalue weighted by molar-refractivity contribution is 5.56. The number of ether oxygens (including phenoxy) is 1. The highest BCUT2D eigenvalue weighted by atomic mass is 19.1. The Labute approximate surface area is 98.5 Å². The van der Waals surface area contributed by atoms with Crippen molar-refractivity contribution in [1.82, 2.24) is 9.97 Å². The molecule has 0 aliphatic heterocycles. The summed E-state index contributed by atoms with van der Waals surface area (Å²) >= 11 is 0. The molecule has 1 N–H and O–H groups in total. The number of halogens is 1. The van der Waals surface area contributed by atoms with Crippen molar-refractivity contribution in [2.24, 2.45) is 0 Å². The number of nitrogens with one attached hydrogen (secondary N) is 1. The van der Waals surface area contributed by atoms with Gasteiger partial charge in [0.1, 0.15) is 17.4 Å². The van der Waals surface area contributed by atoms with Crippen LogP contribution in [0.5, 0.6) is 5.75 Å². The smallest absolute Gasteiger partial charge is 0.147 e. The molecule has 0 fully saturated rings. The van der Waals surface area contributed by atoms with E-state index in [1.165, 1.54) is 19.2 Å². The van der Waals surface area contributed by atoms with E-state index in [1.807, 2.05) is 0 Å². The molecule has 0 atom stereocenters. The van der Waals surface area contributed by atoms with Gasteiger partial charge in [-0.05, 0) is 18.2 Å². The number of methoxy groups -OCH3 is 1. The summed E-state index contributed by atoms with van der Waals surface area (Å²) in [6, 6.07) is 6.07. The first-order valence-electron chi connectivity index (χ1n) is 5.13. The third-order valence-corrected chi connectivity index (χ3v) is 2.22. The Kier molecular flexibility index (Phi) is 3.49. The van der Waals surface area contributed by atoms with E-state index >= 15 is 0 Å². The molecule has 17 heavy (non-hydrogen) atoms. The molecule has 1 aromatic heterocycles. The number of anilines is 1. The van der Waals surface area contributed by atoms with Crippen LogP contribution in [0.2, 0.25) is 0 Å². The Morgan fingerprint density at radius 3 is 2.76 bits per heavy atom. The largest absolute Gasteiger partial charge is 0.494 e. The fourth-order valence-corrected chi connectivity index (χ4v) is 1.41. The monoisotopic (exact) mass is 233 g/mol. The van der Waals surface area contributed by atoms with Gasteiger partial charge in [-0.15, -0.1) is 0 Å². The summed E-state index contributed by atoms with van der Waals surface area (Å²) in [5, 5.41) is 3.09. The molecule has 0 spiro atoms. The fourth-order valence-electron chi connectivity index (χ4n) is 1.41. The van der Waals surface area contributed by atoms with E-state index in [0.29, 0.717) is 23.8 Å². The SMILES string of the molecule is COc1cc(F)ccc1NCc1ncccn1. The van der Waals surface area contributed by atoms with Gasteiger partial charge in [-0.1, -0.05) is 0 Å². The maximum atomic E-state index is 13.0. The van der Waals surface area contributed by atoms with Crippen LogP contribution in [0.15, 0.2) is 36.7 Å². The van der Waals surface area contributed by atoms with E-state index in [-0.39, 0.29) is 5.82 Å². The van der Waals surface area contributed by atoms with Crippen LogP contribution in [0, 0.1) is 5.82 Å². The predicted molar refractivity (Wildman–Crippen MR) is 62.3 cm³/mol. The van der Waals surface area contributed by atoms with Crippen molar-refractivity contribution in [3.63, 3.8) is 0 Å². The molecule has 0 aliphatic rings. The van der Waals surface area contributed by atoms with Crippen LogP contribution < -0.4 is 10.1 Å². The zero-order valence-electron chi connectivity index (χ0n) is 9.35. The Bertz CT molecular complexity index is 490. The molecular formula is C12H12FN3O. The number of benzene rings is 1. The quantitative estimate of drug-likeness (QED) is 0.879. The van der Waals surface area contributed by atoms with Crippen LogP contribution in [0.25, 0.3) is 0 Å². The third-order valence-electron chi connectivity index (χ3n) is 2.22. The van der Waals surface area contributed by atoms with Crippen molar-refractivity contribution in [1.29, 1.82) is 0 Å². The first kappa shape index (κ1) is 11.3. The van der Waals surface area contributed by atoms with E-state index in [4.69, 9.17) is 4.74 Å². The van der Waals surface area contributed by atoms with Gasteiger partial charge in [-0.3, -0.25) is 0 Å². The minimum atomic E-state index is -0.330. The third kappa shape index (κ3) is 2.90. The van der Waals surface area contributed by atoms with E-state index in [0.717, 1.165) is 0 Å². The molecule has 0 bridgehead atoms. The summed E-state index contributed by atoms with van der Waals surface area (Å²) in [4.78, 5) is 8.16. The summed E-state index contributed by atoms with van der Waals surface area (Å²) < 4.78 is 18.0. The molecule has 0 radical (unpaired) electrons. The van der Waals surface area contributed by atoms with Gasteiger partial charge in [-0.2, -0.15) is 0 Å². The van der Waals surface area contributed by atoms with Gasteiger partial charge in [0.15, 0.2) is 0 Å². The zero-order valence-corrected chi connectivity index (χ0v) is 9.35. The molecule has 2 aromatic rings. The van der Waals surface area contributed by atoms with Gasteiger partial charge in [-0.25, -0.2) is 14.4 Å². The maximum absolute atomic E-state index is 13.0. The standard InChI is InChI=1S/C12H12FN3O/c1-17-11-7-9(13)3-4-10(11)16-8-12-14-5-2-6-15-12/h2-7,16H,8H2,1H3. The van der Waals surface area contributed by atoms with E-state index in [9.17, 15) is 4.39 Å². The minimum absolute atomic E-state index is 0.330. The number of rotatable bonds is 4. The Hall–Kier alpha value is -2.17. The van der Waals surface area contributed by atoms with Crippen LogP contribution >= 0.6 is 0 Å².